The SMILES string of the molecule is Oc1ccc(-n2cc(-c3ccc4cc(OCCCN5CCOCC5)ccc4n3)nn2)cc1. The summed E-state index contributed by atoms with van der Waals surface area (Å²) in [6, 6.07) is 16.7. The molecule has 1 aliphatic rings. The van der Waals surface area contributed by atoms with Gasteiger partial charge < -0.3 is 14.6 Å². The zero-order chi connectivity index (χ0) is 21.8. The monoisotopic (exact) mass is 431 g/mol. The van der Waals surface area contributed by atoms with E-state index in [1.165, 1.54) is 0 Å². The number of ether oxygens (including phenoxy) is 2. The van der Waals surface area contributed by atoms with E-state index in [-0.39, 0.29) is 5.75 Å². The molecule has 2 aromatic heterocycles. The minimum Gasteiger partial charge on any atom is -0.508 e. The quantitative estimate of drug-likeness (QED) is 0.450. The molecule has 3 heterocycles. The van der Waals surface area contributed by atoms with Crippen LogP contribution in [-0.2, 0) is 4.74 Å². The third-order valence-electron chi connectivity index (χ3n) is 5.52. The summed E-state index contributed by atoms with van der Waals surface area (Å²) in [6.45, 7) is 5.39. The summed E-state index contributed by atoms with van der Waals surface area (Å²) < 4.78 is 13.0. The fourth-order valence-corrected chi connectivity index (χ4v) is 3.75. The molecule has 1 N–H and O–H groups in total. The lowest BCUT2D eigenvalue weighted by atomic mass is 10.2. The van der Waals surface area contributed by atoms with Gasteiger partial charge in [0.15, 0.2) is 0 Å². The average molecular weight is 431 g/mol. The number of morpholine rings is 1. The smallest absolute Gasteiger partial charge is 0.131 e. The number of rotatable bonds is 7. The summed E-state index contributed by atoms with van der Waals surface area (Å²) >= 11 is 0. The molecule has 5 rings (SSSR count). The number of hydrogen-bond acceptors (Lipinski definition) is 7. The summed E-state index contributed by atoms with van der Waals surface area (Å²) in [6.07, 6.45) is 2.82. The highest BCUT2D eigenvalue weighted by molar-refractivity contribution is 5.82. The number of hydrogen-bond donors (Lipinski definition) is 1. The second-order valence-electron chi connectivity index (χ2n) is 7.77. The van der Waals surface area contributed by atoms with Crippen LogP contribution in [0.3, 0.4) is 0 Å². The molecule has 0 amide bonds. The molecule has 8 heteroatoms. The summed E-state index contributed by atoms with van der Waals surface area (Å²) in [5.41, 5.74) is 3.13. The van der Waals surface area contributed by atoms with Crippen molar-refractivity contribution in [2.45, 2.75) is 6.42 Å². The van der Waals surface area contributed by atoms with E-state index in [0.29, 0.717) is 12.3 Å². The normalized spacial score (nSPS) is 14.6. The first kappa shape index (κ1) is 20.4. The van der Waals surface area contributed by atoms with Gasteiger partial charge in [-0.2, -0.15) is 0 Å². The molecule has 0 atom stereocenters. The Morgan fingerprint density at radius 1 is 0.969 bits per heavy atom. The van der Waals surface area contributed by atoms with Crippen LogP contribution in [0.5, 0.6) is 11.5 Å². The molecule has 164 valence electrons. The number of phenols is 1. The Labute approximate surface area is 186 Å². The molecule has 0 spiro atoms. The van der Waals surface area contributed by atoms with E-state index < -0.39 is 0 Å². The lowest BCUT2D eigenvalue weighted by Crippen LogP contribution is -2.37. The van der Waals surface area contributed by atoms with Crippen molar-refractivity contribution >= 4 is 10.9 Å². The fraction of sp³-hybridized carbons (Fsp3) is 0.292. The Hall–Kier alpha value is -3.49. The molecule has 0 saturated carbocycles. The van der Waals surface area contributed by atoms with E-state index in [0.717, 1.165) is 67.3 Å². The number of phenolic OH excluding ortho intramolecular Hbond substituents is 1. The Morgan fingerprint density at radius 3 is 2.66 bits per heavy atom. The number of fused-ring (bicyclic) bond motifs is 1. The van der Waals surface area contributed by atoms with E-state index >= 15 is 0 Å². The van der Waals surface area contributed by atoms with Crippen LogP contribution in [0.2, 0.25) is 0 Å². The number of nitrogens with zero attached hydrogens (tertiary/aromatic N) is 5. The predicted octanol–water partition coefficient (Wildman–Crippen LogP) is 3.29. The molecular weight excluding hydrogens is 406 g/mol. The van der Waals surface area contributed by atoms with E-state index in [4.69, 9.17) is 14.5 Å². The minimum atomic E-state index is 0.214. The maximum absolute atomic E-state index is 9.45. The summed E-state index contributed by atoms with van der Waals surface area (Å²) in [7, 11) is 0. The summed E-state index contributed by atoms with van der Waals surface area (Å²) in [5.74, 6) is 1.07. The topological polar surface area (TPSA) is 85.5 Å². The first-order chi connectivity index (χ1) is 15.7. The zero-order valence-electron chi connectivity index (χ0n) is 17.7. The Morgan fingerprint density at radius 2 is 1.81 bits per heavy atom. The molecule has 1 fully saturated rings. The molecule has 1 saturated heterocycles. The maximum atomic E-state index is 9.45. The number of benzene rings is 2. The van der Waals surface area contributed by atoms with Crippen LogP contribution in [0.1, 0.15) is 6.42 Å². The van der Waals surface area contributed by atoms with Crippen molar-refractivity contribution in [3.05, 3.63) is 60.8 Å². The van der Waals surface area contributed by atoms with Gasteiger partial charge in [0.05, 0.1) is 42.9 Å². The molecule has 0 radical (unpaired) electrons. The fourth-order valence-electron chi connectivity index (χ4n) is 3.75. The number of aromatic nitrogens is 4. The minimum absolute atomic E-state index is 0.214. The van der Waals surface area contributed by atoms with Crippen molar-refractivity contribution < 1.29 is 14.6 Å². The Balaban J connectivity index is 1.23. The molecule has 2 aromatic carbocycles. The highest BCUT2D eigenvalue weighted by Crippen LogP contribution is 2.24. The van der Waals surface area contributed by atoms with Crippen molar-refractivity contribution in [1.29, 1.82) is 0 Å². The molecule has 8 nitrogen and oxygen atoms in total. The number of aromatic hydroxyl groups is 1. The van der Waals surface area contributed by atoms with Gasteiger partial charge in [0.25, 0.3) is 0 Å². The van der Waals surface area contributed by atoms with Gasteiger partial charge in [-0.3, -0.25) is 4.90 Å². The van der Waals surface area contributed by atoms with E-state index in [2.05, 4.69) is 15.2 Å². The maximum Gasteiger partial charge on any atom is 0.131 e. The predicted molar refractivity (Wildman–Crippen MR) is 121 cm³/mol. The van der Waals surface area contributed by atoms with Crippen LogP contribution in [0.25, 0.3) is 28.0 Å². The summed E-state index contributed by atoms with van der Waals surface area (Å²) in [5, 5.41) is 18.9. The lowest BCUT2D eigenvalue weighted by molar-refractivity contribution is 0.0358. The molecule has 32 heavy (non-hydrogen) atoms. The van der Waals surface area contributed by atoms with Crippen LogP contribution in [-0.4, -0.2) is 69.4 Å². The second-order valence-corrected chi connectivity index (χ2v) is 7.77. The second kappa shape index (κ2) is 9.33. The molecular formula is C24H25N5O3. The first-order valence-corrected chi connectivity index (χ1v) is 10.8. The van der Waals surface area contributed by atoms with E-state index in [1.54, 1.807) is 28.9 Å². The zero-order valence-corrected chi connectivity index (χ0v) is 17.7. The Kier molecular flexibility index (Phi) is 5.96. The third-order valence-corrected chi connectivity index (χ3v) is 5.52. The molecule has 0 unspecified atom stereocenters. The first-order valence-electron chi connectivity index (χ1n) is 10.8. The summed E-state index contributed by atoms with van der Waals surface area (Å²) in [4.78, 5) is 7.15. The Bertz CT molecular complexity index is 1190. The van der Waals surface area contributed by atoms with Crippen molar-refractivity contribution in [2.75, 3.05) is 39.5 Å². The highest BCUT2D eigenvalue weighted by Gasteiger charge is 2.10. The van der Waals surface area contributed by atoms with Gasteiger partial charge in [0.2, 0.25) is 0 Å². The van der Waals surface area contributed by atoms with Gasteiger partial charge in [-0.1, -0.05) is 11.3 Å². The molecule has 0 aliphatic carbocycles. The van der Waals surface area contributed by atoms with E-state index in [9.17, 15) is 5.11 Å². The van der Waals surface area contributed by atoms with Gasteiger partial charge in [0, 0.05) is 25.0 Å². The van der Waals surface area contributed by atoms with Crippen molar-refractivity contribution in [1.82, 2.24) is 24.9 Å². The van der Waals surface area contributed by atoms with Gasteiger partial charge in [-0.25, -0.2) is 9.67 Å². The van der Waals surface area contributed by atoms with Gasteiger partial charge in [-0.05, 0) is 55.0 Å². The van der Waals surface area contributed by atoms with Crippen molar-refractivity contribution in [3.8, 4) is 28.6 Å². The van der Waals surface area contributed by atoms with Crippen LogP contribution >= 0.6 is 0 Å². The largest absolute Gasteiger partial charge is 0.508 e. The van der Waals surface area contributed by atoms with Crippen LogP contribution in [0.15, 0.2) is 60.8 Å². The van der Waals surface area contributed by atoms with E-state index in [1.807, 2.05) is 36.5 Å². The molecule has 4 aromatic rings. The molecule has 1 aliphatic heterocycles. The van der Waals surface area contributed by atoms with Gasteiger partial charge in [0.1, 0.15) is 17.2 Å². The van der Waals surface area contributed by atoms with Crippen LogP contribution in [0, 0.1) is 0 Å². The van der Waals surface area contributed by atoms with Gasteiger partial charge >= 0.3 is 0 Å². The average Bonchev–Trinajstić information content (AvgIpc) is 3.33. The number of pyridine rings is 1. The van der Waals surface area contributed by atoms with Crippen LogP contribution < -0.4 is 4.74 Å². The molecule has 0 bridgehead atoms. The van der Waals surface area contributed by atoms with Gasteiger partial charge in [-0.15, -0.1) is 5.10 Å². The lowest BCUT2D eigenvalue weighted by Gasteiger charge is -2.26. The standard InChI is InChI=1S/C24H25N5O3/c30-20-5-3-19(4-6-20)29-17-24(26-27-29)23-8-2-18-16-21(7-9-22(18)25-23)32-13-1-10-28-11-14-31-15-12-28/h2-9,16-17,30H,1,10-15H2. The highest BCUT2D eigenvalue weighted by atomic mass is 16.5. The van der Waals surface area contributed by atoms with Crippen LogP contribution in [0.4, 0.5) is 0 Å². The van der Waals surface area contributed by atoms with Crippen molar-refractivity contribution in [3.63, 3.8) is 0 Å². The third kappa shape index (κ3) is 4.71. The van der Waals surface area contributed by atoms with Crippen molar-refractivity contribution in [2.24, 2.45) is 0 Å².